The predicted molar refractivity (Wildman–Crippen MR) is 48.9 cm³/mol. The third kappa shape index (κ3) is 3.90. The maximum Gasteiger partial charge on any atom is 0.234 e. The number of hydrogen-bond donors (Lipinski definition) is 2. The zero-order chi connectivity index (χ0) is 9.52. The van der Waals surface area contributed by atoms with E-state index in [-0.39, 0.29) is 12.3 Å². The maximum absolute atomic E-state index is 10.9. The van der Waals surface area contributed by atoms with Gasteiger partial charge >= 0.3 is 0 Å². The molecule has 1 amide bonds. The summed E-state index contributed by atoms with van der Waals surface area (Å²) in [5.74, 6) is -0.171. The average molecular weight is 181 g/mol. The maximum atomic E-state index is 10.9. The van der Waals surface area contributed by atoms with E-state index in [4.69, 9.17) is 5.26 Å². The molecule has 0 aromatic heterocycles. The second-order valence-corrected chi connectivity index (χ2v) is 3.29. The Kier molecular flexibility index (Phi) is 4.27. The molecule has 0 saturated carbocycles. The molecule has 2 N–H and O–H groups in total. The van der Waals surface area contributed by atoms with Crippen LogP contribution < -0.4 is 10.6 Å². The van der Waals surface area contributed by atoms with Gasteiger partial charge in [0, 0.05) is 12.6 Å². The molecule has 0 aliphatic carbocycles. The molecular formula is C9H15N3O. The van der Waals surface area contributed by atoms with Crippen LogP contribution in [-0.2, 0) is 4.79 Å². The van der Waals surface area contributed by atoms with Crippen LogP contribution in [0.3, 0.4) is 0 Å². The number of piperidine rings is 1. The van der Waals surface area contributed by atoms with E-state index in [1.54, 1.807) is 0 Å². The first-order valence-electron chi connectivity index (χ1n) is 4.70. The Morgan fingerprint density at radius 2 is 2.46 bits per heavy atom. The standard InChI is InChI=1S/C9H15N3O/c10-5-4-9(13)12-7-8-3-1-2-6-11-8/h8,11H,1-4,6-7H2,(H,12,13). The number of nitrogens with zero attached hydrogens (tertiary/aromatic N) is 1. The molecule has 13 heavy (non-hydrogen) atoms. The molecule has 0 spiro atoms. The van der Waals surface area contributed by atoms with Gasteiger partial charge in [0.05, 0.1) is 6.07 Å². The summed E-state index contributed by atoms with van der Waals surface area (Å²) in [6, 6.07) is 2.22. The lowest BCUT2D eigenvalue weighted by atomic mass is 10.1. The van der Waals surface area contributed by atoms with E-state index in [9.17, 15) is 4.79 Å². The molecule has 0 radical (unpaired) electrons. The molecule has 72 valence electrons. The van der Waals surface area contributed by atoms with E-state index in [1.165, 1.54) is 12.8 Å². The molecule has 1 saturated heterocycles. The molecule has 4 nitrogen and oxygen atoms in total. The van der Waals surface area contributed by atoms with Gasteiger partial charge in [-0.25, -0.2) is 0 Å². The zero-order valence-corrected chi connectivity index (χ0v) is 7.68. The molecule has 1 aliphatic heterocycles. The minimum absolute atomic E-state index is 0.0350. The molecule has 1 aliphatic rings. The summed E-state index contributed by atoms with van der Waals surface area (Å²) < 4.78 is 0. The summed E-state index contributed by atoms with van der Waals surface area (Å²) in [5, 5.41) is 14.3. The molecule has 1 rings (SSSR count). The highest BCUT2D eigenvalue weighted by molar-refractivity contribution is 5.77. The highest BCUT2D eigenvalue weighted by Gasteiger charge is 2.12. The van der Waals surface area contributed by atoms with Gasteiger partial charge in [0.1, 0.15) is 6.42 Å². The van der Waals surface area contributed by atoms with Gasteiger partial charge in [0.2, 0.25) is 5.91 Å². The summed E-state index contributed by atoms with van der Waals surface area (Å²) in [6.07, 6.45) is 3.54. The fraction of sp³-hybridized carbons (Fsp3) is 0.778. The molecule has 0 aromatic rings. The quantitative estimate of drug-likeness (QED) is 0.651. The van der Waals surface area contributed by atoms with Crippen molar-refractivity contribution in [1.29, 1.82) is 5.26 Å². The van der Waals surface area contributed by atoms with E-state index >= 15 is 0 Å². The van der Waals surface area contributed by atoms with Gasteiger partial charge in [0.25, 0.3) is 0 Å². The number of amides is 1. The van der Waals surface area contributed by atoms with Gasteiger partial charge in [-0.1, -0.05) is 6.42 Å². The molecule has 0 bridgehead atoms. The van der Waals surface area contributed by atoms with Gasteiger partial charge in [-0.3, -0.25) is 4.79 Å². The van der Waals surface area contributed by atoms with Gasteiger partial charge < -0.3 is 10.6 Å². The predicted octanol–water partition coefficient (Wildman–Crippen LogP) is 0.158. The van der Waals surface area contributed by atoms with Crippen molar-refractivity contribution < 1.29 is 4.79 Å². The Labute approximate surface area is 78.3 Å². The second-order valence-electron chi connectivity index (χ2n) is 3.29. The number of nitrogens with one attached hydrogen (secondary N) is 2. The summed E-state index contributed by atoms with van der Waals surface area (Å²) >= 11 is 0. The van der Waals surface area contributed by atoms with Crippen molar-refractivity contribution in [2.75, 3.05) is 13.1 Å². The topological polar surface area (TPSA) is 64.9 Å². The number of rotatable bonds is 3. The van der Waals surface area contributed by atoms with Crippen molar-refractivity contribution >= 4 is 5.91 Å². The van der Waals surface area contributed by atoms with E-state index < -0.39 is 0 Å². The van der Waals surface area contributed by atoms with Crippen molar-refractivity contribution in [3.8, 4) is 6.07 Å². The lowest BCUT2D eigenvalue weighted by molar-refractivity contribution is -0.120. The highest BCUT2D eigenvalue weighted by atomic mass is 16.1. The third-order valence-electron chi connectivity index (χ3n) is 2.20. The Bertz CT molecular complexity index is 203. The highest BCUT2D eigenvalue weighted by Crippen LogP contribution is 2.05. The lowest BCUT2D eigenvalue weighted by Gasteiger charge is -2.23. The van der Waals surface area contributed by atoms with E-state index in [2.05, 4.69) is 10.6 Å². The van der Waals surface area contributed by atoms with Crippen LogP contribution in [0.4, 0.5) is 0 Å². The van der Waals surface area contributed by atoms with Crippen LogP contribution in [0.1, 0.15) is 25.7 Å². The molecule has 1 fully saturated rings. The van der Waals surface area contributed by atoms with Crippen LogP contribution in [0.25, 0.3) is 0 Å². The summed E-state index contributed by atoms with van der Waals surface area (Å²) in [6.45, 7) is 1.69. The van der Waals surface area contributed by atoms with Crippen molar-refractivity contribution in [3.05, 3.63) is 0 Å². The molecule has 1 heterocycles. The lowest BCUT2D eigenvalue weighted by Crippen LogP contribution is -2.43. The fourth-order valence-electron chi connectivity index (χ4n) is 1.47. The molecule has 1 unspecified atom stereocenters. The number of hydrogen-bond acceptors (Lipinski definition) is 3. The van der Waals surface area contributed by atoms with Crippen LogP contribution in [-0.4, -0.2) is 25.0 Å². The SMILES string of the molecule is N#CCC(=O)NCC1CCCCN1. The van der Waals surface area contributed by atoms with Crippen LogP contribution in [0.5, 0.6) is 0 Å². The Morgan fingerprint density at radius 1 is 1.62 bits per heavy atom. The van der Waals surface area contributed by atoms with Crippen molar-refractivity contribution in [2.24, 2.45) is 0 Å². The van der Waals surface area contributed by atoms with Crippen LogP contribution in [0.2, 0.25) is 0 Å². The number of carbonyl (C=O) groups is 1. The first kappa shape index (κ1) is 10.0. The van der Waals surface area contributed by atoms with Crippen molar-refractivity contribution in [1.82, 2.24) is 10.6 Å². The summed E-state index contributed by atoms with van der Waals surface area (Å²) in [4.78, 5) is 10.9. The fourth-order valence-corrected chi connectivity index (χ4v) is 1.47. The zero-order valence-electron chi connectivity index (χ0n) is 7.68. The van der Waals surface area contributed by atoms with Gasteiger partial charge in [-0.05, 0) is 19.4 Å². The van der Waals surface area contributed by atoms with Gasteiger partial charge in [-0.2, -0.15) is 5.26 Å². The largest absolute Gasteiger partial charge is 0.354 e. The van der Waals surface area contributed by atoms with Gasteiger partial charge in [-0.15, -0.1) is 0 Å². The first-order valence-corrected chi connectivity index (χ1v) is 4.70. The molecule has 0 aromatic carbocycles. The normalized spacial score (nSPS) is 21.9. The second kappa shape index (κ2) is 5.55. The minimum atomic E-state index is -0.171. The van der Waals surface area contributed by atoms with E-state index in [0.717, 1.165) is 13.0 Å². The van der Waals surface area contributed by atoms with Crippen LogP contribution >= 0.6 is 0 Å². The van der Waals surface area contributed by atoms with Crippen molar-refractivity contribution in [3.63, 3.8) is 0 Å². The summed E-state index contributed by atoms with van der Waals surface area (Å²) in [7, 11) is 0. The minimum Gasteiger partial charge on any atom is -0.354 e. The smallest absolute Gasteiger partial charge is 0.234 e. The number of nitriles is 1. The average Bonchev–Trinajstić information content (AvgIpc) is 2.17. The Balaban J connectivity index is 2.10. The monoisotopic (exact) mass is 181 g/mol. The van der Waals surface area contributed by atoms with E-state index in [0.29, 0.717) is 12.6 Å². The van der Waals surface area contributed by atoms with Crippen molar-refractivity contribution in [2.45, 2.75) is 31.7 Å². The molecule has 4 heteroatoms. The molecular weight excluding hydrogens is 166 g/mol. The van der Waals surface area contributed by atoms with E-state index in [1.807, 2.05) is 6.07 Å². The molecule has 1 atom stereocenters. The van der Waals surface area contributed by atoms with Crippen LogP contribution in [0.15, 0.2) is 0 Å². The Hall–Kier alpha value is -1.08. The first-order chi connectivity index (χ1) is 6.33. The Morgan fingerprint density at radius 3 is 3.08 bits per heavy atom. The summed E-state index contributed by atoms with van der Waals surface area (Å²) in [5.41, 5.74) is 0. The van der Waals surface area contributed by atoms with Gasteiger partial charge in [0.15, 0.2) is 0 Å². The van der Waals surface area contributed by atoms with Crippen LogP contribution in [0, 0.1) is 11.3 Å². The number of carbonyl (C=O) groups excluding carboxylic acids is 1. The third-order valence-corrected chi connectivity index (χ3v) is 2.20.